The summed E-state index contributed by atoms with van der Waals surface area (Å²) in [6, 6.07) is 0. The van der Waals surface area contributed by atoms with E-state index in [-0.39, 0.29) is 0 Å². The molecule has 6 atom stereocenters. The standard InChI is InChI=1S/C20H30/c1-2-6-12-17-16(11-5-1)18-13-7-3-4-9-15-10-8-14-19(17)20(15)18/h5-6,11-12,15-20H,1-4,7-10,13-14H2. The Labute approximate surface area is 124 Å². The fourth-order valence-corrected chi connectivity index (χ4v) is 6.22. The average Bonchev–Trinajstić information content (AvgIpc) is 2.68. The van der Waals surface area contributed by atoms with Crippen molar-refractivity contribution in [1.29, 1.82) is 0 Å². The summed E-state index contributed by atoms with van der Waals surface area (Å²) in [4.78, 5) is 0. The Morgan fingerprint density at radius 2 is 1.20 bits per heavy atom. The molecule has 0 saturated heterocycles. The maximum atomic E-state index is 2.65. The summed E-state index contributed by atoms with van der Waals surface area (Å²) in [5.74, 6) is 5.98. The van der Waals surface area contributed by atoms with E-state index in [2.05, 4.69) is 24.3 Å². The maximum Gasteiger partial charge on any atom is -0.0137 e. The fraction of sp³-hybridized carbons (Fsp3) is 0.800. The van der Waals surface area contributed by atoms with Crippen molar-refractivity contribution in [2.75, 3.05) is 0 Å². The van der Waals surface area contributed by atoms with Crippen LogP contribution in [0.5, 0.6) is 0 Å². The van der Waals surface area contributed by atoms with Gasteiger partial charge in [-0.25, -0.2) is 0 Å². The Morgan fingerprint density at radius 3 is 1.95 bits per heavy atom. The predicted molar refractivity (Wildman–Crippen MR) is 85.4 cm³/mol. The number of allylic oxidation sites excluding steroid dienone is 4. The summed E-state index contributed by atoms with van der Waals surface area (Å²) < 4.78 is 0. The highest BCUT2D eigenvalue weighted by atomic mass is 14.6. The van der Waals surface area contributed by atoms with E-state index in [1.807, 2.05) is 0 Å². The van der Waals surface area contributed by atoms with E-state index in [1.54, 1.807) is 12.8 Å². The molecule has 0 aromatic carbocycles. The third-order valence-corrected chi connectivity index (χ3v) is 6.91. The van der Waals surface area contributed by atoms with Gasteiger partial charge in [0.1, 0.15) is 0 Å². The highest BCUT2D eigenvalue weighted by Gasteiger charge is 2.51. The van der Waals surface area contributed by atoms with Crippen LogP contribution in [0.1, 0.15) is 64.2 Å². The Balaban J connectivity index is 1.69. The molecule has 6 unspecified atom stereocenters. The van der Waals surface area contributed by atoms with Crippen LogP contribution in [-0.4, -0.2) is 0 Å². The lowest BCUT2D eigenvalue weighted by Crippen LogP contribution is -2.31. The summed E-state index contributed by atoms with van der Waals surface area (Å²) in [5.41, 5.74) is 0. The van der Waals surface area contributed by atoms with Gasteiger partial charge in [-0.1, -0.05) is 62.8 Å². The largest absolute Gasteiger partial charge is 0.0879 e. The molecule has 4 aliphatic carbocycles. The van der Waals surface area contributed by atoms with Crippen LogP contribution in [-0.2, 0) is 0 Å². The van der Waals surface area contributed by atoms with Crippen molar-refractivity contribution in [2.45, 2.75) is 64.2 Å². The second-order valence-electron chi connectivity index (χ2n) is 7.82. The molecule has 0 amide bonds. The normalized spacial score (nSPS) is 47.6. The summed E-state index contributed by atoms with van der Waals surface area (Å²) >= 11 is 0. The SMILES string of the molecule is C1=CC2C(C=CCC1)C1CCCC3CCCCCC2C31. The van der Waals surface area contributed by atoms with Gasteiger partial charge in [0, 0.05) is 0 Å². The van der Waals surface area contributed by atoms with Crippen molar-refractivity contribution in [1.82, 2.24) is 0 Å². The van der Waals surface area contributed by atoms with Crippen LogP contribution >= 0.6 is 0 Å². The monoisotopic (exact) mass is 270 g/mol. The highest BCUT2D eigenvalue weighted by Crippen LogP contribution is 2.58. The van der Waals surface area contributed by atoms with E-state index in [9.17, 15) is 0 Å². The fourth-order valence-electron chi connectivity index (χ4n) is 6.22. The second-order valence-corrected chi connectivity index (χ2v) is 7.82. The maximum absolute atomic E-state index is 2.65. The molecule has 3 fully saturated rings. The summed E-state index contributed by atoms with van der Waals surface area (Å²) in [7, 11) is 0. The Morgan fingerprint density at radius 1 is 0.600 bits per heavy atom. The Kier molecular flexibility index (Phi) is 3.75. The molecule has 0 aromatic rings. The first-order valence-corrected chi connectivity index (χ1v) is 9.28. The highest BCUT2D eigenvalue weighted by molar-refractivity contribution is 5.14. The number of hydrogen-bond acceptors (Lipinski definition) is 0. The Bertz CT molecular complexity index is 391. The van der Waals surface area contributed by atoms with Crippen molar-refractivity contribution in [3.63, 3.8) is 0 Å². The van der Waals surface area contributed by atoms with Crippen molar-refractivity contribution in [2.24, 2.45) is 35.5 Å². The van der Waals surface area contributed by atoms with E-state index in [1.165, 1.54) is 51.4 Å². The van der Waals surface area contributed by atoms with Crippen LogP contribution in [0.3, 0.4) is 0 Å². The van der Waals surface area contributed by atoms with Crippen LogP contribution in [0.15, 0.2) is 24.3 Å². The minimum atomic E-state index is 0.889. The zero-order valence-electron chi connectivity index (χ0n) is 12.8. The van der Waals surface area contributed by atoms with Gasteiger partial charge in [0.25, 0.3) is 0 Å². The molecule has 0 spiro atoms. The van der Waals surface area contributed by atoms with Gasteiger partial charge in [-0.3, -0.25) is 0 Å². The minimum Gasteiger partial charge on any atom is -0.0879 e. The molecule has 4 rings (SSSR count). The topological polar surface area (TPSA) is 0 Å². The van der Waals surface area contributed by atoms with E-state index in [0.717, 1.165) is 35.5 Å². The quantitative estimate of drug-likeness (QED) is 0.491. The van der Waals surface area contributed by atoms with Crippen molar-refractivity contribution in [3.8, 4) is 0 Å². The van der Waals surface area contributed by atoms with E-state index in [4.69, 9.17) is 0 Å². The predicted octanol–water partition coefficient (Wildman–Crippen LogP) is 5.75. The molecule has 110 valence electrons. The second kappa shape index (κ2) is 5.70. The van der Waals surface area contributed by atoms with Crippen molar-refractivity contribution in [3.05, 3.63) is 24.3 Å². The molecule has 0 radical (unpaired) electrons. The van der Waals surface area contributed by atoms with Gasteiger partial charge in [0.15, 0.2) is 0 Å². The molecule has 4 aliphatic rings. The van der Waals surface area contributed by atoms with Gasteiger partial charge in [-0.2, -0.15) is 0 Å². The molecular weight excluding hydrogens is 240 g/mol. The molecule has 0 bridgehead atoms. The minimum absolute atomic E-state index is 0.889. The molecule has 0 nitrogen and oxygen atoms in total. The van der Waals surface area contributed by atoms with Gasteiger partial charge in [-0.05, 0) is 61.2 Å². The van der Waals surface area contributed by atoms with E-state index < -0.39 is 0 Å². The van der Waals surface area contributed by atoms with Crippen LogP contribution in [0.2, 0.25) is 0 Å². The third kappa shape index (κ3) is 2.20. The van der Waals surface area contributed by atoms with E-state index in [0.29, 0.717) is 0 Å². The van der Waals surface area contributed by atoms with Crippen molar-refractivity contribution < 1.29 is 0 Å². The lowest BCUT2D eigenvalue weighted by molar-refractivity contribution is 0.106. The number of fused-ring (bicyclic) bond motifs is 3. The number of rotatable bonds is 0. The van der Waals surface area contributed by atoms with Crippen molar-refractivity contribution >= 4 is 0 Å². The van der Waals surface area contributed by atoms with Crippen LogP contribution in [0.25, 0.3) is 0 Å². The molecule has 0 aromatic heterocycles. The average molecular weight is 270 g/mol. The van der Waals surface area contributed by atoms with Gasteiger partial charge in [0.2, 0.25) is 0 Å². The third-order valence-electron chi connectivity index (χ3n) is 6.91. The first-order chi connectivity index (χ1) is 9.95. The summed E-state index contributed by atoms with van der Waals surface area (Å²) in [6.45, 7) is 0. The smallest absolute Gasteiger partial charge is 0.0137 e. The van der Waals surface area contributed by atoms with Gasteiger partial charge >= 0.3 is 0 Å². The molecule has 3 saturated carbocycles. The molecule has 0 heterocycles. The van der Waals surface area contributed by atoms with Crippen LogP contribution in [0, 0.1) is 35.5 Å². The molecule has 0 N–H and O–H groups in total. The molecular formula is C20H30. The lowest BCUT2D eigenvalue weighted by atomic mass is 9.66. The lowest BCUT2D eigenvalue weighted by Gasteiger charge is -2.39. The first kappa shape index (κ1) is 13.2. The zero-order chi connectivity index (χ0) is 13.4. The Hall–Kier alpha value is -0.520. The van der Waals surface area contributed by atoms with Gasteiger partial charge < -0.3 is 0 Å². The summed E-state index contributed by atoms with van der Waals surface area (Å²) in [6.07, 6.45) is 25.0. The van der Waals surface area contributed by atoms with Gasteiger partial charge in [0.05, 0.1) is 0 Å². The van der Waals surface area contributed by atoms with Crippen LogP contribution < -0.4 is 0 Å². The molecule has 20 heavy (non-hydrogen) atoms. The van der Waals surface area contributed by atoms with E-state index >= 15 is 0 Å². The first-order valence-electron chi connectivity index (χ1n) is 9.28. The number of hydrogen-bond donors (Lipinski definition) is 0. The van der Waals surface area contributed by atoms with Crippen LogP contribution in [0.4, 0.5) is 0 Å². The molecule has 0 heteroatoms. The molecule has 0 aliphatic heterocycles. The van der Waals surface area contributed by atoms with Gasteiger partial charge in [-0.15, -0.1) is 0 Å². The summed E-state index contributed by atoms with van der Waals surface area (Å²) in [5, 5.41) is 0. The zero-order valence-corrected chi connectivity index (χ0v) is 12.8.